The Morgan fingerprint density at radius 2 is 1.61 bits per heavy atom. The number of aromatic nitrogens is 2. The number of fused-ring (bicyclic) bond motifs is 1. The number of amides is 1. The molecule has 1 N–H and O–H groups in total. The van der Waals surface area contributed by atoms with Crippen molar-refractivity contribution in [1.29, 1.82) is 0 Å². The van der Waals surface area contributed by atoms with E-state index < -0.39 is 0 Å². The molecule has 0 fully saturated rings. The summed E-state index contributed by atoms with van der Waals surface area (Å²) >= 11 is 0. The molecule has 5 heteroatoms. The summed E-state index contributed by atoms with van der Waals surface area (Å²) in [6.07, 6.45) is 3.68. The van der Waals surface area contributed by atoms with Crippen LogP contribution in [0.25, 0.3) is 27.8 Å². The third-order valence-electron chi connectivity index (χ3n) is 5.83. The topological polar surface area (TPSA) is 51.3 Å². The first kappa shape index (κ1) is 20.5. The Balaban J connectivity index is 1.34. The lowest BCUT2D eigenvalue weighted by molar-refractivity contribution is 0.0955. The van der Waals surface area contributed by atoms with Crippen LogP contribution in [0, 0.1) is 6.92 Å². The molecule has 0 aliphatic rings. The van der Waals surface area contributed by atoms with E-state index >= 15 is 0 Å². The summed E-state index contributed by atoms with van der Waals surface area (Å²) in [5.41, 5.74) is 9.68. The van der Waals surface area contributed by atoms with E-state index in [1.807, 2.05) is 78.5 Å². The third kappa shape index (κ3) is 3.96. The minimum absolute atomic E-state index is 0.245. The van der Waals surface area contributed by atoms with Gasteiger partial charge in [0.25, 0.3) is 5.91 Å². The van der Waals surface area contributed by atoms with Crippen molar-refractivity contribution in [3.05, 3.63) is 114 Å². The van der Waals surface area contributed by atoms with Gasteiger partial charge in [-0.05, 0) is 55.0 Å². The molecular formula is C28H24N4O. The van der Waals surface area contributed by atoms with Crippen molar-refractivity contribution >= 4 is 23.0 Å². The smallest absolute Gasteiger partial charge is 0.271 e. The van der Waals surface area contributed by atoms with Crippen LogP contribution in [0.1, 0.15) is 21.6 Å². The molecule has 5 nitrogen and oxygen atoms in total. The van der Waals surface area contributed by atoms with Gasteiger partial charge in [0.1, 0.15) is 0 Å². The highest BCUT2D eigenvalue weighted by Crippen LogP contribution is 2.26. The number of nitrogens with zero attached hydrogens (tertiary/aromatic N) is 3. The van der Waals surface area contributed by atoms with E-state index in [9.17, 15) is 4.79 Å². The monoisotopic (exact) mass is 432 g/mol. The molecule has 5 aromatic rings. The third-order valence-corrected chi connectivity index (χ3v) is 5.83. The average molecular weight is 433 g/mol. The molecule has 3 aromatic carbocycles. The Morgan fingerprint density at radius 1 is 0.879 bits per heavy atom. The van der Waals surface area contributed by atoms with Crippen LogP contribution in [0.5, 0.6) is 0 Å². The summed E-state index contributed by atoms with van der Waals surface area (Å²) in [5.74, 6) is -0.245. The first-order chi connectivity index (χ1) is 16.1. The van der Waals surface area contributed by atoms with Gasteiger partial charge in [0.2, 0.25) is 0 Å². The van der Waals surface area contributed by atoms with Gasteiger partial charge in [-0.3, -0.25) is 4.79 Å². The predicted molar refractivity (Wildman–Crippen MR) is 134 cm³/mol. The molecule has 0 atom stereocenters. The number of hydrogen-bond acceptors (Lipinski definition) is 2. The number of aryl methyl sites for hydroxylation is 2. The van der Waals surface area contributed by atoms with Crippen LogP contribution < -0.4 is 5.43 Å². The maximum Gasteiger partial charge on any atom is 0.271 e. The number of para-hydroxylation sites is 1. The molecule has 2 aromatic heterocycles. The zero-order valence-electron chi connectivity index (χ0n) is 18.6. The van der Waals surface area contributed by atoms with Crippen molar-refractivity contribution in [3.63, 3.8) is 0 Å². The van der Waals surface area contributed by atoms with E-state index in [4.69, 9.17) is 0 Å². The van der Waals surface area contributed by atoms with E-state index in [2.05, 4.69) is 52.3 Å². The quantitative estimate of drug-likeness (QED) is 0.281. The van der Waals surface area contributed by atoms with Crippen molar-refractivity contribution in [1.82, 2.24) is 14.6 Å². The van der Waals surface area contributed by atoms with Crippen molar-refractivity contribution in [2.75, 3.05) is 0 Å². The SMILES string of the molecule is Cc1ccc(-c2ccccc2)n1-c1ccc(C(=O)N/N=C/c2cn(C)c3ccccc23)cc1. The van der Waals surface area contributed by atoms with Crippen LogP contribution in [0.15, 0.2) is 102 Å². The number of rotatable bonds is 5. The molecule has 162 valence electrons. The zero-order chi connectivity index (χ0) is 22.8. The highest BCUT2D eigenvalue weighted by Gasteiger charge is 2.11. The minimum Gasteiger partial charge on any atom is -0.350 e. The largest absolute Gasteiger partial charge is 0.350 e. The number of hydrogen-bond donors (Lipinski definition) is 1. The fraction of sp³-hybridized carbons (Fsp3) is 0.0714. The summed E-state index contributed by atoms with van der Waals surface area (Å²) in [5, 5.41) is 5.27. The van der Waals surface area contributed by atoms with Crippen LogP contribution in [-0.4, -0.2) is 21.3 Å². The van der Waals surface area contributed by atoms with Crippen molar-refractivity contribution in [3.8, 4) is 16.9 Å². The molecule has 5 rings (SSSR count). The average Bonchev–Trinajstić information content (AvgIpc) is 3.39. The number of hydrazone groups is 1. The lowest BCUT2D eigenvalue weighted by Crippen LogP contribution is -2.17. The van der Waals surface area contributed by atoms with Gasteiger partial charge in [-0.2, -0.15) is 5.10 Å². The Morgan fingerprint density at radius 3 is 2.39 bits per heavy atom. The Bertz CT molecular complexity index is 1460. The second kappa shape index (κ2) is 8.63. The molecule has 1 amide bonds. The van der Waals surface area contributed by atoms with Gasteiger partial charge in [-0.15, -0.1) is 0 Å². The van der Waals surface area contributed by atoms with Crippen LogP contribution in [0.2, 0.25) is 0 Å². The number of nitrogens with one attached hydrogen (secondary N) is 1. The Hall–Kier alpha value is -4.38. The van der Waals surface area contributed by atoms with Gasteiger partial charge in [-0.25, -0.2) is 5.43 Å². The maximum atomic E-state index is 12.6. The molecule has 2 heterocycles. The van der Waals surface area contributed by atoms with Crippen LogP contribution in [-0.2, 0) is 7.05 Å². The van der Waals surface area contributed by atoms with Gasteiger partial charge in [0.15, 0.2) is 0 Å². The van der Waals surface area contributed by atoms with E-state index in [0.29, 0.717) is 5.56 Å². The normalized spacial score (nSPS) is 11.3. The fourth-order valence-corrected chi connectivity index (χ4v) is 4.18. The fourth-order valence-electron chi connectivity index (χ4n) is 4.18. The van der Waals surface area contributed by atoms with Crippen molar-refractivity contribution in [2.45, 2.75) is 6.92 Å². The second-order valence-electron chi connectivity index (χ2n) is 8.02. The van der Waals surface area contributed by atoms with E-state index in [-0.39, 0.29) is 5.91 Å². The van der Waals surface area contributed by atoms with Gasteiger partial charge in [0, 0.05) is 46.7 Å². The van der Waals surface area contributed by atoms with E-state index in [1.165, 1.54) is 0 Å². The summed E-state index contributed by atoms with van der Waals surface area (Å²) in [6.45, 7) is 2.08. The molecule has 0 unspecified atom stereocenters. The van der Waals surface area contributed by atoms with Crippen LogP contribution in [0.3, 0.4) is 0 Å². The van der Waals surface area contributed by atoms with Crippen LogP contribution >= 0.6 is 0 Å². The summed E-state index contributed by atoms with van der Waals surface area (Å²) in [7, 11) is 2.00. The molecule has 0 bridgehead atoms. The van der Waals surface area contributed by atoms with E-state index in [0.717, 1.165) is 39.1 Å². The Kier molecular flexibility index (Phi) is 5.37. The standard InChI is InChI=1S/C28H24N4O/c1-20-12-17-26(21-8-4-3-5-9-21)32(20)24-15-13-22(14-16-24)28(33)30-29-18-23-19-31(2)27-11-7-6-10-25(23)27/h3-19H,1-2H3,(H,30,33)/b29-18+. The Labute approximate surface area is 192 Å². The lowest BCUT2D eigenvalue weighted by atomic mass is 10.1. The molecule has 0 aliphatic heterocycles. The molecular weight excluding hydrogens is 408 g/mol. The molecule has 33 heavy (non-hydrogen) atoms. The highest BCUT2D eigenvalue weighted by molar-refractivity contribution is 6.00. The van der Waals surface area contributed by atoms with E-state index in [1.54, 1.807) is 6.21 Å². The molecule has 0 saturated carbocycles. The van der Waals surface area contributed by atoms with Gasteiger partial charge < -0.3 is 9.13 Å². The predicted octanol–water partition coefficient (Wildman–Crippen LogP) is 5.71. The van der Waals surface area contributed by atoms with Crippen molar-refractivity contribution < 1.29 is 4.79 Å². The highest BCUT2D eigenvalue weighted by atomic mass is 16.2. The summed E-state index contributed by atoms with van der Waals surface area (Å²) in [6, 6.07) is 30.2. The molecule has 0 aliphatic carbocycles. The first-order valence-electron chi connectivity index (χ1n) is 10.8. The molecule has 0 radical (unpaired) electrons. The van der Waals surface area contributed by atoms with Gasteiger partial charge in [-0.1, -0.05) is 48.5 Å². The number of carbonyl (C=O) groups excluding carboxylic acids is 1. The maximum absolute atomic E-state index is 12.6. The summed E-state index contributed by atoms with van der Waals surface area (Å²) < 4.78 is 4.24. The summed E-state index contributed by atoms with van der Waals surface area (Å²) in [4.78, 5) is 12.6. The number of benzene rings is 3. The molecule has 0 saturated heterocycles. The number of carbonyl (C=O) groups is 1. The lowest BCUT2D eigenvalue weighted by Gasteiger charge is -2.12. The van der Waals surface area contributed by atoms with Gasteiger partial charge in [0.05, 0.1) is 11.9 Å². The first-order valence-corrected chi connectivity index (χ1v) is 10.8. The molecule has 0 spiro atoms. The van der Waals surface area contributed by atoms with Crippen molar-refractivity contribution in [2.24, 2.45) is 12.1 Å². The minimum atomic E-state index is -0.245. The van der Waals surface area contributed by atoms with Crippen LogP contribution in [0.4, 0.5) is 0 Å². The van der Waals surface area contributed by atoms with Gasteiger partial charge >= 0.3 is 0 Å². The second-order valence-corrected chi connectivity index (χ2v) is 8.02. The zero-order valence-corrected chi connectivity index (χ0v) is 18.6.